The summed E-state index contributed by atoms with van der Waals surface area (Å²) < 4.78 is 44.2. The smallest absolute Gasteiger partial charge is 0.276 e. The Bertz CT molecular complexity index is 1440. The van der Waals surface area contributed by atoms with E-state index in [2.05, 4.69) is 9.93 Å². The van der Waals surface area contributed by atoms with Gasteiger partial charge in [0.05, 0.1) is 11.1 Å². The van der Waals surface area contributed by atoms with E-state index in [0.29, 0.717) is 22.9 Å². The summed E-state index contributed by atoms with van der Waals surface area (Å²) in [5.41, 5.74) is 1.62. The van der Waals surface area contributed by atoms with E-state index in [4.69, 9.17) is 16.3 Å². The molecule has 0 unspecified atom stereocenters. The van der Waals surface area contributed by atoms with Crippen molar-refractivity contribution in [3.8, 4) is 11.5 Å². The average molecular weight is 485 g/mol. The number of aromatic hydroxyl groups is 1. The molecule has 0 spiro atoms. The van der Waals surface area contributed by atoms with E-state index in [9.17, 15) is 17.9 Å². The van der Waals surface area contributed by atoms with Crippen LogP contribution in [0.5, 0.6) is 11.5 Å². The number of fused-ring (bicyclic) bond motifs is 1. The van der Waals surface area contributed by atoms with Crippen molar-refractivity contribution in [2.45, 2.75) is 11.5 Å². The van der Waals surface area contributed by atoms with Crippen molar-refractivity contribution < 1.29 is 22.7 Å². The van der Waals surface area contributed by atoms with Gasteiger partial charge in [-0.2, -0.15) is 13.5 Å². The fourth-order valence-electron chi connectivity index (χ4n) is 3.15. The second-order valence-electron chi connectivity index (χ2n) is 7.08. The SMILES string of the molecule is O=S(=O)(NN=Cc1ccc(OCc2ccc(Cl)cc2)c2ccccc12)c1ccc(O)c(F)c1. The molecule has 0 radical (unpaired) electrons. The summed E-state index contributed by atoms with van der Waals surface area (Å²) in [6.45, 7) is 0.359. The second kappa shape index (κ2) is 9.48. The van der Waals surface area contributed by atoms with Gasteiger partial charge in [0.2, 0.25) is 0 Å². The number of hydrogen-bond acceptors (Lipinski definition) is 5. The van der Waals surface area contributed by atoms with E-state index in [0.717, 1.165) is 34.5 Å². The maximum absolute atomic E-state index is 13.5. The maximum Gasteiger partial charge on any atom is 0.276 e. The van der Waals surface area contributed by atoms with Crippen LogP contribution >= 0.6 is 11.6 Å². The Kier molecular flexibility index (Phi) is 6.48. The molecule has 4 aromatic carbocycles. The number of sulfonamides is 1. The van der Waals surface area contributed by atoms with E-state index in [-0.39, 0.29) is 4.90 Å². The predicted molar refractivity (Wildman–Crippen MR) is 126 cm³/mol. The van der Waals surface area contributed by atoms with Crippen LogP contribution in [-0.2, 0) is 16.6 Å². The highest BCUT2D eigenvalue weighted by atomic mass is 35.5. The molecule has 0 bridgehead atoms. The summed E-state index contributed by atoms with van der Waals surface area (Å²) in [5.74, 6) is -1.01. The van der Waals surface area contributed by atoms with Crippen LogP contribution in [0.15, 0.2) is 88.9 Å². The number of hydrogen-bond donors (Lipinski definition) is 2. The van der Waals surface area contributed by atoms with Gasteiger partial charge in [0.15, 0.2) is 11.6 Å². The van der Waals surface area contributed by atoms with Crippen molar-refractivity contribution in [2.75, 3.05) is 0 Å². The number of nitrogens with zero attached hydrogens (tertiary/aromatic N) is 1. The molecule has 2 N–H and O–H groups in total. The summed E-state index contributed by atoms with van der Waals surface area (Å²) in [4.78, 5) is 1.70. The van der Waals surface area contributed by atoms with Crippen LogP contribution in [0.2, 0.25) is 5.02 Å². The lowest BCUT2D eigenvalue weighted by Gasteiger charge is -2.11. The van der Waals surface area contributed by atoms with Crippen molar-refractivity contribution in [3.63, 3.8) is 0 Å². The van der Waals surface area contributed by atoms with E-state index < -0.39 is 21.6 Å². The Hall–Kier alpha value is -3.62. The van der Waals surface area contributed by atoms with Gasteiger partial charge in [-0.3, -0.25) is 0 Å². The minimum Gasteiger partial charge on any atom is -0.505 e. The van der Waals surface area contributed by atoms with E-state index in [1.54, 1.807) is 24.3 Å². The van der Waals surface area contributed by atoms with E-state index in [1.807, 2.05) is 36.4 Å². The monoisotopic (exact) mass is 484 g/mol. The average Bonchev–Trinajstić information content (AvgIpc) is 2.81. The summed E-state index contributed by atoms with van der Waals surface area (Å²) in [7, 11) is -4.11. The van der Waals surface area contributed by atoms with Gasteiger partial charge in [-0.25, -0.2) is 9.22 Å². The Labute approximate surface area is 195 Å². The fraction of sp³-hybridized carbons (Fsp3) is 0.0417. The number of benzene rings is 4. The molecule has 6 nitrogen and oxygen atoms in total. The molecular weight excluding hydrogens is 467 g/mol. The topological polar surface area (TPSA) is 88.0 Å². The molecule has 0 atom stereocenters. The number of phenolic OH excluding ortho intramolecular Hbond substituents is 1. The normalized spacial score (nSPS) is 11.7. The number of rotatable bonds is 7. The highest BCUT2D eigenvalue weighted by molar-refractivity contribution is 7.89. The lowest BCUT2D eigenvalue weighted by atomic mass is 10.0. The van der Waals surface area contributed by atoms with Crippen molar-refractivity contribution in [3.05, 3.63) is 101 Å². The summed E-state index contributed by atoms with van der Waals surface area (Å²) >= 11 is 5.92. The van der Waals surface area contributed by atoms with Gasteiger partial charge in [-0.15, -0.1) is 0 Å². The third-order valence-corrected chi connectivity index (χ3v) is 6.30. The zero-order valence-corrected chi connectivity index (χ0v) is 18.6. The summed E-state index contributed by atoms with van der Waals surface area (Å²) in [6, 6.07) is 21.2. The third kappa shape index (κ3) is 5.24. The fourth-order valence-corrected chi connectivity index (χ4v) is 4.08. The van der Waals surface area contributed by atoms with Crippen LogP contribution in [0.3, 0.4) is 0 Å². The van der Waals surface area contributed by atoms with Gasteiger partial charge in [-0.05, 0) is 53.4 Å². The Morgan fingerprint density at radius 3 is 2.45 bits per heavy atom. The van der Waals surface area contributed by atoms with Crippen molar-refractivity contribution in [2.24, 2.45) is 5.10 Å². The van der Waals surface area contributed by atoms with Gasteiger partial charge in [-0.1, -0.05) is 48.0 Å². The maximum atomic E-state index is 13.5. The van der Waals surface area contributed by atoms with Crippen molar-refractivity contribution in [1.82, 2.24) is 4.83 Å². The zero-order chi connectivity index (χ0) is 23.4. The van der Waals surface area contributed by atoms with Crippen LogP contribution in [0, 0.1) is 5.82 Å². The Morgan fingerprint density at radius 1 is 1.00 bits per heavy atom. The molecule has 0 saturated heterocycles. The molecule has 0 aliphatic carbocycles. The van der Waals surface area contributed by atoms with Crippen LogP contribution in [-0.4, -0.2) is 19.7 Å². The number of hydrazone groups is 1. The molecule has 4 aromatic rings. The van der Waals surface area contributed by atoms with Gasteiger partial charge >= 0.3 is 0 Å². The number of halogens is 2. The van der Waals surface area contributed by atoms with Gasteiger partial charge in [0.1, 0.15) is 12.4 Å². The van der Waals surface area contributed by atoms with Gasteiger partial charge in [0.25, 0.3) is 10.0 Å². The van der Waals surface area contributed by atoms with Crippen molar-refractivity contribution in [1.29, 1.82) is 0 Å². The molecule has 168 valence electrons. The molecule has 0 aromatic heterocycles. The molecule has 0 aliphatic rings. The predicted octanol–water partition coefficient (Wildman–Crippen LogP) is 5.23. The zero-order valence-electron chi connectivity index (χ0n) is 17.1. The molecule has 0 amide bonds. The number of ether oxygens (including phenoxy) is 1. The molecule has 9 heteroatoms. The Morgan fingerprint density at radius 2 is 1.73 bits per heavy atom. The number of phenols is 1. The lowest BCUT2D eigenvalue weighted by Crippen LogP contribution is -2.18. The first-order chi connectivity index (χ1) is 15.8. The molecule has 33 heavy (non-hydrogen) atoms. The first kappa shape index (κ1) is 22.6. The van der Waals surface area contributed by atoms with E-state index in [1.165, 1.54) is 6.21 Å². The number of nitrogens with one attached hydrogen (secondary N) is 1. The van der Waals surface area contributed by atoms with Crippen LogP contribution < -0.4 is 9.57 Å². The Balaban J connectivity index is 1.54. The minimum absolute atomic E-state index is 0.356. The molecule has 0 aliphatic heterocycles. The van der Waals surface area contributed by atoms with Crippen molar-refractivity contribution >= 4 is 38.6 Å². The van der Waals surface area contributed by atoms with Gasteiger partial charge in [0, 0.05) is 16.0 Å². The molecule has 0 saturated carbocycles. The van der Waals surface area contributed by atoms with Crippen LogP contribution in [0.25, 0.3) is 10.8 Å². The minimum atomic E-state index is -4.11. The first-order valence-corrected chi connectivity index (χ1v) is 11.6. The highest BCUT2D eigenvalue weighted by Crippen LogP contribution is 2.29. The largest absolute Gasteiger partial charge is 0.505 e. The molecule has 0 fully saturated rings. The summed E-state index contributed by atoms with van der Waals surface area (Å²) in [5, 5.41) is 15.4. The standard InChI is InChI=1S/C24H18ClFN2O4S/c25-18-8-5-16(6-9-18)15-32-24-12-7-17(20-3-1-2-4-21(20)24)14-27-28-33(30,31)19-10-11-23(29)22(26)13-19/h1-14,28-29H,15H2. The summed E-state index contributed by atoms with van der Waals surface area (Å²) in [6.07, 6.45) is 1.36. The first-order valence-electron chi connectivity index (χ1n) is 9.76. The quantitative estimate of drug-likeness (QED) is 0.278. The van der Waals surface area contributed by atoms with Gasteiger partial charge < -0.3 is 9.84 Å². The van der Waals surface area contributed by atoms with E-state index >= 15 is 0 Å². The second-order valence-corrected chi connectivity index (χ2v) is 9.18. The van der Waals surface area contributed by atoms with Crippen LogP contribution in [0.1, 0.15) is 11.1 Å². The van der Waals surface area contributed by atoms with Crippen LogP contribution in [0.4, 0.5) is 4.39 Å². The molecule has 4 rings (SSSR count). The molecular formula is C24H18ClFN2O4S. The highest BCUT2D eigenvalue weighted by Gasteiger charge is 2.15. The lowest BCUT2D eigenvalue weighted by molar-refractivity contribution is 0.310. The third-order valence-electron chi connectivity index (χ3n) is 4.83. The molecule has 0 heterocycles.